The minimum absolute atomic E-state index is 0.0226. The predicted molar refractivity (Wildman–Crippen MR) is 126 cm³/mol. The second kappa shape index (κ2) is 9.14. The molecule has 0 fully saturated rings. The van der Waals surface area contributed by atoms with Crippen LogP contribution >= 0.6 is 0 Å². The van der Waals surface area contributed by atoms with E-state index in [0.29, 0.717) is 0 Å². The fraction of sp³-hybridized carbons (Fsp3) is 0.231. The quantitative estimate of drug-likeness (QED) is 0.511. The van der Waals surface area contributed by atoms with E-state index in [4.69, 9.17) is 4.74 Å². The van der Waals surface area contributed by atoms with Crippen LogP contribution in [0.2, 0.25) is 0 Å². The molecular formula is C26H26N2O4. The third-order valence-corrected chi connectivity index (χ3v) is 5.94. The average Bonchev–Trinajstić information content (AvgIpc) is 3.12. The number of hydrogen-bond acceptors (Lipinski definition) is 4. The smallest absolute Gasteiger partial charge is 0.411 e. The van der Waals surface area contributed by atoms with Crippen LogP contribution in [-0.2, 0) is 4.74 Å². The van der Waals surface area contributed by atoms with Crippen molar-refractivity contribution in [2.75, 3.05) is 29.9 Å². The monoisotopic (exact) mass is 430 g/mol. The maximum Gasteiger partial charge on any atom is 0.411 e. The molecule has 0 saturated heterocycles. The Kier molecular flexibility index (Phi) is 6.12. The standard InChI is InChI=1S/C26H26N2O4/c1-3-28(4-2)17-13-14-22(25(29)30)24(15-17)27-26(31)32-16-23-20-11-7-5-9-18(20)19-10-6-8-12-21(19)23/h5-15,23H,3-4,16H2,1-2H3,(H,27,31)(H,29,30). The number of rotatable bonds is 7. The summed E-state index contributed by atoms with van der Waals surface area (Å²) in [6.07, 6.45) is -0.675. The SMILES string of the molecule is CCN(CC)c1ccc(C(=O)O)c(NC(=O)OCC2c3ccccc3-c3ccccc32)c1. The second-order valence-electron chi connectivity index (χ2n) is 7.66. The molecule has 32 heavy (non-hydrogen) atoms. The van der Waals surface area contributed by atoms with Crippen molar-refractivity contribution in [3.05, 3.63) is 83.4 Å². The third-order valence-electron chi connectivity index (χ3n) is 5.94. The average molecular weight is 431 g/mol. The first kappa shape index (κ1) is 21.4. The lowest BCUT2D eigenvalue weighted by molar-refractivity contribution is 0.0698. The molecule has 3 aromatic carbocycles. The molecule has 1 aliphatic rings. The van der Waals surface area contributed by atoms with Crippen molar-refractivity contribution in [1.82, 2.24) is 0 Å². The van der Waals surface area contributed by atoms with Gasteiger partial charge in [-0.15, -0.1) is 0 Å². The summed E-state index contributed by atoms with van der Waals surface area (Å²) in [6, 6.07) is 21.2. The van der Waals surface area contributed by atoms with Crippen LogP contribution in [0.25, 0.3) is 11.1 Å². The van der Waals surface area contributed by atoms with Gasteiger partial charge >= 0.3 is 12.1 Å². The maximum absolute atomic E-state index is 12.6. The Morgan fingerprint density at radius 3 is 2.09 bits per heavy atom. The predicted octanol–water partition coefficient (Wildman–Crippen LogP) is 5.59. The topological polar surface area (TPSA) is 78.9 Å². The summed E-state index contributed by atoms with van der Waals surface area (Å²) in [4.78, 5) is 26.4. The highest BCUT2D eigenvalue weighted by molar-refractivity contribution is 5.99. The first-order chi connectivity index (χ1) is 15.5. The van der Waals surface area contributed by atoms with Crippen LogP contribution in [0.1, 0.15) is 41.3 Å². The van der Waals surface area contributed by atoms with E-state index < -0.39 is 12.1 Å². The van der Waals surface area contributed by atoms with Gasteiger partial charge in [0.15, 0.2) is 0 Å². The van der Waals surface area contributed by atoms with E-state index in [9.17, 15) is 14.7 Å². The molecule has 0 saturated carbocycles. The third kappa shape index (κ3) is 4.04. The highest BCUT2D eigenvalue weighted by Crippen LogP contribution is 2.44. The molecule has 0 atom stereocenters. The van der Waals surface area contributed by atoms with E-state index in [1.807, 2.05) is 38.1 Å². The summed E-state index contributed by atoms with van der Waals surface area (Å²) in [5.74, 6) is -1.17. The normalized spacial score (nSPS) is 12.1. The minimum atomic E-state index is -1.11. The van der Waals surface area contributed by atoms with Crippen molar-refractivity contribution in [2.45, 2.75) is 19.8 Å². The maximum atomic E-state index is 12.6. The molecule has 0 spiro atoms. The number of carboxylic acid groups (broad SMARTS) is 1. The van der Waals surface area contributed by atoms with Crippen LogP contribution in [0.3, 0.4) is 0 Å². The zero-order chi connectivity index (χ0) is 22.7. The number of amides is 1. The molecule has 1 amide bonds. The van der Waals surface area contributed by atoms with Gasteiger partial charge in [-0.3, -0.25) is 5.32 Å². The molecule has 0 unspecified atom stereocenters. The lowest BCUT2D eigenvalue weighted by Gasteiger charge is -2.22. The minimum Gasteiger partial charge on any atom is -0.478 e. The van der Waals surface area contributed by atoms with Crippen LogP contribution in [0.15, 0.2) is 66.7 Å². The van der Waals surface area contributed by atoms with Gasteiger partial charge in [0.1, 0.15) is 6.61 Å². The highest BCUT2D eigenvalue weighted by atomic mass is 16.5. The van der Waals surface area contributed by atoms with Crippen LogP contribution in [0.5, 0.6) is 0 Å². The number of benzene rings is 3. The molecule has 4 rings (SSSR count). The van der Waals surface area contributed by atoms with E-state index in [0.717, 1.165) is 41.0 Å². The van der Waals surface area contributed by atoms with E-state index in [1.165, 1.54) is 6.07 Å². The Hall–Kier alpha value is -3.80. The molecule has 6 nitrogen and oxygen atoms in total. The number of nitrogens with zero attached hydrogens (tertiary/aromatic N) is 1. The van der Waals surface area contributed by atoms with Crippen molar-refractivity contribution < 1.29 is 19.4 Å². The van der Waals surface area contributed by atoms with E-state index in [-0.39, 0.29) is 23.8 Å². The second-order valence-corrected chi connectivity index (χ2v) is 7.66. The lowest BCUT2D eigenvalue weighted by Crippen LogP contribution is -2.23. The number of aromatic carboxylic acids is 1. The van der Waals surface area contributed by atoms with Gasteiger partial charge in [0.2, 0.25) is 0 Å². The van der Waals surface area contributed by atoms with Gasteiger partial charge in [0.05, 0.1) is 11.3 Å². The largest absolute Gasteiger partial charge is 0.478 e. The van der Waals surface area contributed by atoms with Gasteiger partial charge in [-0.05, 0) is 54.3 Å². The number of fused-ring (bicyclic) bond motifs is 3. The summed E-state index contributed by atoms with van der Waals surface area (Å²) in [5.41, 5.74) is 5.63. The van der Waals surface area contributed by atoms with Crippen LogP contribution in [0.4, 0.5) is 16.2 Å². The van der Waals surface area contributed by atoms with Gasteiger partial charge in [0.25, 0.3) is 0 Å². The fourth-order valence-corrected chi connectivity index (χ4v) is 4.35. The van der Waals surface area contributed by atoms with Crippen molar-refractivity contribution in [3.8, 4) is 11.1 Å². The molecule has 0 heterocycles. The fourth-order valence-electron chi connectivity index (χ4n) is 4.35. The molecule has 3 aromatic rings. The molecule has 2 N–H and O–H groups in total. The summed E-state index contributed by atoms with van der Waals surface area (Å²) in [6.45, 7) is 5.75. The molecule has 1 aliphatic carbocycles. The summed E-state index contributed by atoms with van der Waals surface area (Å²) in [5, 5.41) is 12.2. The number of carbonyl (C=O) groups excluding carboxylic acids is 1. The molecule has 164 valence electrons. The van der Waals surface area contributed by atoms with Crippen LogP contribution < -0.4 is 10.2 Å². The van der Waals surface area contributed by atoms with Crippen molar-refractivity contribution in [1.29, 1.82) is 0 Å². The van der Waals surface area contributed by atoms with E-state index >= 15 is 0 Å². The van der Waals surface area contributed by atoms with E-state index in [1.54, 1.807) is 12.1 Å². The molecule has 0 bridgehead atoms. The Balaban J connectivity index is 1.52. The van der Waals surface area contributed by atoms with Crippen molar-refractivity contribution >= 4 is 23.4 Å². The Labute approximate surface area is 187 Å². The summed E-state index contributed by atoms with van der Waals surface area (Å²) >= 11 is 0. The molecule has 0 aliphatic heterocycles. The zero-order valence-corrected chi connectivity index (χ0v) is 18.2. The molecule has 0 aromatic heterocycles. The molecule has 0 radical (unpaired) electrons. The van der Waals surface area contributed by atoms with Crippen molar-refractivity contribution in [3.63, 3.8) is 0 Å². The van der Waals surface area contributed by atoms with Gasteiger partial charge in [-0.25, -0.2) is 9.59 Å². The van der Waals surface area contributed by atoms with Crippen molar-refractivity contribution in [2.24, 2.45) is 0 Å². The Bertz CT molecular complexity index is 1110. The number of carbonyl (C=O) groups is 2. The van der Waals surface area contributed by atoms with Gasteiger partial charge < -0.3 is 14.7 Å². The number of anilines is 2. The molecule has 6 heteroatoms. The highest BCUT2D eigenvalue weighted by Gasteiger charge is 2.29. The van der Waals surface area contributed by atoms with Crippen LogP contribution in [-0.4, -0.2) is 36.9 Å². The van der Waals surface area contributed by atoms with E-state index in [2.05, 4.69) is 34.5 Å². The number of ether oxygens (including phenoxy) is 1. The Morgan fingerprint density at radius 1 is 0.938 bits per heavy atom. The number of hydrogen-bond donors (Lipinski definition) is 2. The zero-order valence-electron chi connectivity index (χ0n) is 18.2. The summed E-state index contributed by atoms with van der Waals surface area (Å²) in [7, 11) is 0. The van der Waals surface area contributed by atoms with Gasteiger partial charge in [-0.2, -0.15) is 0 Å². The first-order valence-electron chi connectivity index (χ1n) is 10.8. The van der Waals surface area contributed by atoms with Crippen LogP contribution in [0, 0.1) is 0 Å². The number of carboxylic acids is 1. The Morgan fingerprint density at radius 2 is 1.53 bits per heavy atom. The molecular weight excluding hydrogens is 404 g/mol. The van der Waals surface area contributed by atoms with Gasteiger partial charge in [-0.1, -0.05) is 48.5 Å². The first-order valence-corrected chi connectivity index (χ1v) is 10.8. The van der Waals surface area contributed by atoms with Gasteiger partial charge in [0, 0.05) is 24.7 Å². The number of nitrogens with one attached hydrogen (secondary N) is 1. The lowest BCUT2D eigenvalue weighted by atomic mass is 9.98. The summed E-state index contributed by atoms with van der Waals surface area (Å²) < 4.78 is 5.57.